The molecule has 1 atom stereocenters. The Hall–Kier alpha value is -3.21. The van der Waals surface area contributed by atoms with Crippen LogP contribution in [0.2, 0.25) is 0 Å². The molecule has 1 aliphatic rings. The predicted molar refractivity (Wildman–Crippen MR) is 117 cm³/mol. The summed E-state index contributed by atoms with van der Waals surface area (Å²) in [7, 11) is 0. The fourth-order valence-electron chi connectivity index (χ4n) is 4.26. The van der Waals surface area contributed by atoms with Gasteiger partial charge in [-0.3, -0.25) is 0 Å². The van der Waals surface area contributed by atoms with Gasteiger partial charge >= 0.3 is 5.97 Å². The molecule has 7 nitrogen and oxygen atoms in total. The molecule has 31 heavy (non-hydrogen) atoms. The molecule has 1 saturated heterocycles. The fraction of sp³-hybridized carbons (Fsp3) is 0.478. The van der Waals surface area contributed by atoms with E-state index in [1.807, 2.05) is 32.9 Å². The van der Waals surface area contributed by atoms with E-state index >= 15 is 0 Å². The molecule has 1 aliphatic heterocycles. The molecule has 0 unspecified atom stereocenters. The van der Waals surface area contributed by atoms with Crippen LogP contribution in [0, 0.1) is 30.0 Å². The van der Waals surface area contributed by atoms with Crippen molar-refractivity contribution in [3.05, 3.63) is 46.5 Å². The highest BCUT2D eigenvalue weighted by atomic mass is 19.1. The summed E-state index contributed by atoms with van der Waals surface area (Å²) in [4.78, 5) is 22.1. The van der Waals surface area contributed by atoms with Crippen LogP contribution in [0.25, 0.3) is 0 Å². The molecular weight excluding hydrogens is 397 g/mol. The molecule has 2 heterocycles. The van der Waals surface area contributed by atoms with Gasteiger partial charge in [0.25, 0.3) is 0 Å². The Kier molecular flexibility index (Phi) is 6.74. The Labute approximate surface area is 181 Å². The molecule has 164 valence electrons. The number of benzene rings is 1. The second-order valence-electron chi connectivity index (χ2n) is 8.42. The number of carboxylic acids is 1. The molecule has 8 heteroatoms. The predicted octanol–water partition coefficient (Wildman–Crippen LogP) is 4.33. The van der Waals surface area contributed by atoms with Crippen molar-refractivity contribution in [3.63, 3.8) is 0 Å². The number of nitriles is 1. The highest BCUT2D eigenvalue weighted by molar-refractivity contribution is 5.89. The van der Waals surface area contributed by atoms with E-state index in [4.69, 9.17) is 0 Å². The van der Waals surface area contributed by atoms with Crippen LogP contribution in [0.1, 0.15) is 66.8 Å². The zero-order valence-electron chi connectivity index (χ0n) is 18.3. The first-order valence-electron chi connectivity index (χ1n) is 10.5. The molecular formula is C23H28FN5O2. The van der Waals surface area contributed by atoms with Crippen molar-refractivity contribution in [2.45, 2.75) is 52.5 Å². The van der Waals surface area contributed by atoms with Crippen molar-refractivity contribution in [2.75, 3.05) is 23.3 Å². The van der Waals surface area contributed by atoms with Crippen LogP contribution in [0.4, 0.5) is 16.0 Å². The summed E-state index contributed by atoms with van der Waals surface area (Å²) in [5, 5.41) is 21.9. The van der Waals surface area contributed by atoms with Gasteiger partial charge < -0.3 is 15.3 Å². The lowest BCUT2D eigenvalue weighted by molar-refractivity contribution is 0.0689. The minimum absolute atomic E-state index is 0.0293. The van der Waals surface area contributed by atoms with Gasteiger partial charge in [0.1, 0.15) is 11.9 Å². The number of nitrogens with one attached hydrogen (secondary N) is 1. The molecule has 1 fully saturated rings. The summed E-state index contributed by atoms with van der Waals surface area (Å²) >= 11 is 0. The van der Waals surface area contributed by atoms with Gasteiger partial charge in [0.15, 0.2) is 23.0 Å². The third kappa shape index (κ3) is 4.93. The zero-order chi connectivity index (χ0) is 22.7. The van der Waals surface area contributed by atoms with E-state index in [0.29, 0.717) is 36.6 Å². The van der Waals surface area contributed by atoms with Gasteiger partial charge in [-0.1, -0.05) is 13.0 Å². The number of hydrogen-bond acceptors (Lipinski definition) is 6. The number of aryl methyl sites for hydroxylation is 1. The zero-order valence-corrected chi connectivity index (χ0v) is 18.3. The van der Waals surface area contributed by atoms with Crippen molar-refractivity contribution in [1.82, 2.24) is 9.97 Å². The maximum absolute atomic E-state index is 13.5. The summed E-state index contributed by atoms with van der Waals surface area (Å²) in [6.07, 6.45) is 1.81. The van der Waals surface area contributed by atoms with Crippen LogP contribution in [-0.4, -0.2) is 40.2 Å². The number of anilines is 2. The van der Waals surface area contributed by atoms with Gasteiger partial charge in [0.2, 0.25) is 0 Å². The lowest BCUT2D eigenvalue weighted by Crippen LogP contribution is -2.37. The number of carbonyl (C=O) groups is 1. The third-order valence-corrected chi connectivity index (χ3v) is 5.88. The van der Waals surface area contributed by atoms with Crippen LogP contribution in [0.5, 0.6) is 0 Å². The summed E-state index contributed by atoms with van der Waals surface area (Å²) < 4.78 is 13.5. The second kappa shape index (κ2) is 9.29. The lowest BCUT2D eigenvalue weighted by atomic mass is 9.80. The van der Waals surface area contributed by atoms with Gasteiger partial charge in [-0.05, 0) is 68.7 Å². The van der Waals surface area contributed by atoms with Crippen LogP contribution in [-0.2, 0) is 0 Å². The van der Waals surface area contributed by atoms with Gasteiger partial charge in [0, 0.05) is 19.1 Å². The van der Waals surface area contributed by atoms with E-state index in [0.717, 1.165) is 18.4 Å². The first kappa shape index (κ1) is 22.5. The van der Waals surface area contributed by atoms with Crippen molar-refractivity contribution in [2.24, 2.45) is 5.92 Å². The SMILES string of the molecule is Cc1cc(F)ccc1[C@H](C)C1CCN(c2nc(C#N)c(C(=O)O)nc2NC(C)C)CC1. The molecule has 2 N–H and O–H groups in total. The van der Waals surface area contributed by atoms with Gasteiger partial charge in [-0.25, -0.2) is 19.2 Å². The van der Waals surface area contributed by atoms with Crippen molar-refractivity contribution < 1.29 is 14.3 Å². The van der Waals surface area contributed by atoms with E-state index < -0.39 is 5.97 Å². The number of rotatable bonds is 6. The van der Waals surface area contributed by atoms with Crippen molar-refractivity contribution >= 4 is 17.6 Å². The third-order valence-electron chi connectivity index (χ3n) is 5.88. The number of halogens is 1. The number of aromatic nitrogens is 2. The molecule has 0 amide bonds. The molecule has 0 saturated carbocycles. The molecule has 1 aromatic heterocycles. The number of aromatic carboxylic acids is 1. The molecule has 0 radical (unpaired) electrons. The summed E-state index contributed by atoms with van der Waals surface area (Å²) in [5.74, 6) is 0.135. The van der Waals surface area contributed by atoms with Crippen molar-refractivity contribution in [1.29, 1.82) is 5.26 Å². The number of piperidine rings is 1. The second-order valence-corrected chi connectivity index (χ2v) is 8.42. The van der Waals surface area contributed by atoms with E-state index in [1.54, 1.807) is 6.07 Å². The first-order chi connectivity index (χ1) is 14.7. The largest absolute Gasteiger partial charge is 0.476 e. The molecule has 3 rings (SSSR count). The van der Waals surface area contributed by atoms with E-state index in [2.05, 4.69) is 27.1 Å². The molecule has 1 aromatic carbocycles. The Bertz CT molecular complexity index is 1010. The minimum Gasteiger partial charge on any atom is -0.476 e. The van der Waals surface area contributed by atoms with Crippen molar-refractivity contribution in [3.8, 4) is 6.07 Å². The smallest absolute Gasteiger partial charge is 0.357 e. The standard InChI is InChI=1S/C23H28FN5O2/c1-13(2)26-21-22(27-19(12-25)20(28-21)23(30)31)29-9-7-16(8-10-29)15(4)18-6-5-17(24)11-14(18)3/h5-6,11,13,15-16H,7-10H2,1-4H3,(H,26,28)(H,30,31)/t15-/m1/s1. The topological polar surface area (TPSA) is 102 Å². The van der Waals surface area contributed by atoms with E-state index in [-0.39, 0.29) is 23.2 Å². The van der Waals surface area contributed by atoms with E-state index in [1.165, 1.54) is 11.6 Å². The molecule has 0 spiro atoms. The van der Waals surface area contributed by atoms with Gasteiger partial charge in [-0.15, -0.1) is 0 Å². The molecule has 0 aliphatic carbocycles. The van der Waals surface area contributed by atoms with Crippen LogP contribution >= 0.6 is 0 Å². The summed E-state index contributed by atoms with van der Waals surface area (Å²) in [5.41, 5.74) is 1.60. The number of hydrogen-bond donors (Lipinski definition) is 2. The average Bonchev–Trinajstić information content (AvgIpc) is 2.72. The summed E-state index contributed by atoms with van der Waals surface area (Å²) in [6, 6.07) is 6.85. The Morgan fingerprint density at radius 1 is 1.29 bits per heavy atom. The first-order valence-corrected chi connectivity index (χ1v) is 10.5. The maximum atomic E-state index is 13.5. The Morgan fingerprint density at radius 2 is 1.97 bits per heavy atom. The Morgan fingerprint density at radius 3 is 2.52 bits per heavy atom. The highest BCUT2D eigenvalue weighted by Crippen LogP contribution is 2.36. The van der Waals surface area contributed by atoms with Crippen LogP contribution in [0.15, 0.2) is 18.2 Å². The minimum atomic E-state index is -1.27. The summed E-state index contributed by atoms with van der Waals surface area (Å²) in [6.45, 7) is 9.42. The van der Waals surface area contributed by atoms with Gasteiger partial charge in [0.05, 0.1) is 0 Å². The number of carboxylic acid groups (broad SMARTS) is 1. The van der Waals surface area contributed by atoms with E-state index in [9.17, 15) is 19.6 Å². The Balaban J connectivity index is 1.82. The monoisotopic (exact) mass is 425 g/mol. The lowest BCUT2D eigenvalue weighted by Gasteiger charge is -2.36. The van der Waals surface area contributed by atoms with Gasteiger partial charge in [-0.2, -0.15) is 5.26 Å². The quantitative estimate of drug-likeness (QED) is 0.710. The van der Waals surface area contributed by atoms with Crippen LogP contribution in [0.3, 0.4) is 0 Å². The molecule has 2 aromatic rings. The fourth-order valence-corrected chi connectivity index (χ4v) is 4.26. The normalized spacial score (nSPS) is 15.6. The molecule has 0 bridgehead atoms. The highest BCUT2D eigenvalue weighted by Gasteiger charge is 2.29. The maximum Gasteiger partial charge on any atom is 0.357 e. The average molecular weight is 426 g/mol. The van der Waals surface area contributed by atoms with Crippen LogP contribution < -0.4 is 10.2 Å². The number of nitrogens with zero attached hydrogens (tertiary/aromatic N) is 4.